The smallest absolute Gasteiger partial charge is 0.211 e. The second kappa shape index (κ2) is 8.10. The molecule has 0 amide bonds. The third-order valence-electron chi connectivity index (χ3n) is 3.29. The Morgan fingerprint density at radius 3 is 2.60 bits per heavy atom. The highest BCUT2D eigenvalue weighted by Crippen LogP contribution is 2.20. The Morgan fingerprint density at radius 1 is 1.35 bits per heavy atom. The molecular weight excluding hydrogens is 345 g/mol. The van der Waals surface area contributed by atoms with E-state index in [0.29, 0.717) is 16.9 Å². The molecule has 1 atom stereocenters. The highest BCUT2D eigenvalue weighted by molar-refractivity contribution is 9.10. The molecule has 0 spiro atoms. The zero-order chi connectivity index (χ0) is 15.2. The van der Waals surface area contributed by atoms with Crippen molar-refractivity contribution in [1.29, 1.82) is 0 Å². The van der Waals surface area contributed by atoms with Crippen molar-refractivity contribution < 1.29 is 12.8 Å². The monoisotopic (exact) mass is 365 g/mol. The third kappa shape index (κ3) is 5.14. The van der Waals surface area contributed by atoms with Gasteiger partial charge in [0.05, 0.1) is 0 Å². The first-order valence-electron chi connectivity index (χ1n) is 6.85. The standard InChI is InChI=1S/C14H21BrFNO2S/c1-3-5-6-11(4-2)10-17-20(18,19)14-8-7-12(15)9-13(14)16/h7-9,11,17H,3-6,10H2,1-2H3. The Labute approximate surface area is 129 Å². The van der Waals surface area contributed by atoms with Crippen LogP contribution in [0.2, 0.25) is 0 Å². The summed E-state index contributed by atoms with van der Waals surface area (Å²) in [5.74, 6) is -0.447. The molecule has 0 saturated heterocycles. The van der Waals surface area contributed by atoms with Crippen LogP contribution in [0.4, 0.5) is 4.39 Å². The zero-order valence-electron chi connectivity index (χ0n) is 11.8. The maximum atomic E-state index is 13.7. The van der Waals surface area contributed by atoms with Crippen LogP contribution < -0.4 is 4.72 Å². The van der Waals surface area contributed by atoms with Crippen LogP contribution in [-0.2, 0) is 10.0 Å². The summed E-state index contributed by atoms with van der Waals surface area (Å²) in [5, 5.41) is 0. The van der Waals surface area contributed by atoms with Gasteiger partial charge in [0.1, 0.15) is 10.7 Å². The average molecular weight is 366 g/mol. The summed E-state index contributed by atoms with van der Waals surface area (Å²) in [6.07, 6.45) is 4.06. The van der Waals surface area contributed by atoms with Gasteiger partial charge in [-0.15, -0.1) is 0 Å². The van der Waals surface area contributed by atoms with E-state index in [9.17, 15) is 12.8 Å². The van der Waals surface area contributed by atoms with Crippen molar-refractivity contribution in [3.63, 3.8) is 0 Å². The number of hydrogen-bond donors (Lipinski definition) is 1. The van der Waals surface area contributed by atoms with Crippen molar-refractivity contribution in [1.82, 2.24) is 4.72 Å². The Balaban J connectivity index is 2.74. The first-order valence-corrected chi connectivity index (χ1v) is 9.13. The molecule has 0 aliphatic rings. The molecule has 0 heterocycles. The number of hydrogen-bond acceptors (Lipinski definition) is 2. The Hall–Kier alpha value is -0.460. The van der Waals surface area contributed by atoms with E-state index >= 15 is 0 Å². The van der Waals surface area contributed by atoms with Gasteiger partial charge >= 0.3 is 0 Å². The van der Waals surface area contributed by atoms with Gasteiger partial charge in [-0.05, 0) is 30.5 Å². The van der Waals surface area contributed by atoms with Crippen molar-refractivity contribution in [3.05, 3.63) is 28.5 Å². The van der Waals surface area contributed by atoms with Crippen molar-refractivity contribution in [2.75, 3.05) is 6.54 Å². The zero-order valence-corrected chi connectivity index (χ0v) is 14.2. The van der Waals surface area contributed by atoms with E-state index in [0.717, 1.165) is 31.7 Å². The largest absolute Gasteiger partial charge is 0.243 e. The first-order chi connectivity index (χ1) is 9.40. The summed E-state index contributed by atoms with van der Waals surface area (Å²) in [6.45, 7) is 4.50. The summed E-state index contributed by atoms with van der Waals surface area (Å²) in [4.78, 5) is -0.300. The summed E-state index contributed by atoms with van der Waals surface area (Å²) in [6, 6.07) is 3.95. The van der Waals surface area contributed by atoms with Crippen LogP contribution in [0.5, 0.6) is 0 Å². The van der Waals surface area contributed by atoms with Crippen LogP contribution in [-0.4, -0.2) is 15.0 Å². The van der Waals surface area contributed by atoms with E-state index in [1.165, 1.54) is 12.1 Å². The number of rotatable bonds is 8. The van der Waals surface area contributed by atoms with Gasteiger partial charge in [-0.1, -0.05) is 49.0 Å². The molecule has 1 N–H and O–H groups in total. The van der Waals surface area contributed by atoms with Crippen molar-refractivity contribution in [3.8, 4) is 0 Å². The fraction of sp³-hybridized carbons (Fsp3) is 0.571. The van der Waals surface area contributed by atoms with Crippen LogP contribution in [0.1, 0.15) is 39.5 Å². The van der Waals surface area contributed by atoms with Crippen LogP contribution in [0.3, 0.4) is 0 Å². The number of unbranched alkanes of at least 4 members (excludes halogenated alkanes) is 1. The first kappa shape index (κ1) is 17.6. The molecule has 1 rings (SSSR count). The summed E-state index contributed by atoms with van der Waals surface area (Å²) < 4.78 is 40.9. The van der Waals surface area contributed by atoms with E-state index in [-0.39, 0.29) is 4.90 Å². The van der Waals surface area contributed by atoms with E-state index in [1.54, 1.807) is 0 Å². The molecule has 0 fully saturated rings. The average Bonchev–Trinajstić information content (AvgIpc) is 2.38. The molecule has 3 nitrogen and oxygen atoms in total. The second-order valence-electron chi connectivity index (χ2n) is 4.84. The molecule has 0 aliphatic heterocycles. The number of nitrogens with one attached hydrogen (secondary N) is 1. The SMILES string of the molecule is CCCCC(CC)CNS(=O)(=O)c1ccc(Br)cc1F. The van der Waals surface area contributed by atoms with E-state index < -0.39 is 15.8 Å². The summed E-state index contributed by atoms with van der Waals surface area (Å²) in [5.41, 5.74) is 0. The molecule has 1 aromatic carbocycles. The maximum Gasteiger partial charge on any atom is 0.243 e. The van der Waals surface area contributed by atoms with E-state index in [2.05, 4.69) is 27.6 Å². The molecule has 0 saturated carbocycles. The number of halogens is 2. The van der Waals surface area contributed by atoms with Crippen molar-refractivity contribution in [2.45, 2.75) is 44.4 Å². The Bertz CT molecular complexity index is 534. The molecule has 1 aromatic rings. The molecule has 0 aliphatic carbocycles. The minimum absolute atomic E-state index is 0.295. The van der Waals surface area contributed by atoms with Gasteiger partial charge in [0.2, 0.25) is 10.0 Å². The molecule has 6 heteroatoms. The van der Waals surface area contributed by atoms with Gasteiger partial charge in [0.15, 0.2) is 0 Å². The minimum atomic E-state index is -3.78. The number of sulfonamides is 1. The minimum Gasteiger partial charge on any atom is -0.211 e. The molecule has 114 valence electrons. The molecule has 20 heavy (non-hydrogen) atoms. The van der Waals surface area contributed by atoms with Gasteiger partial charge < -0.3 is 0 Å². The fourth-order valence-corrected chi connectivity index (χ4v) is 3.45. The Kier molecular flexibility index (Phi) is 7.12. The molecular formula is C14H21BrFNO2S. The topological polar surface area (TPSA) is 46.2 Å². The van der Waals surface area contributed by atoms with Crippen LogP contribution in [0.25, 0.3) is 0 Å². The van der Waals surface area contributed by atoms with E-state index in [4.69, 9.17) is 0 Å². The molecule has 1 unspecified atom stereocenters. The lowest BCUT2D eigenvalue weighted by Gasteiger charge is -2.15. The lowest BCUT2D eigenvalue weighted by atomic mass is 10.00. The van der Waals surface area contributed by atoms with Crippen LogP contribution in [0, 0.1) is 11.7 Å². The van der Waals surface area contributed by atoms with Gasteiger partial charge in [-0.3, -0.25) is 0 Å². The maximum absolute atomic E-state index is 13.7. The predicted molar refractivity (Wildman–Crippen MR) is 82.6 cm³/mol. The number of benzene rings is 1. The van der Waals surface area contributed by atoms with Gasteiger partial charge in [-0.2, -0.15) is 0 Å². The van der Waals surface area contributed by atoms with E-state index in [1.807, 2.05) is 6.92 Å². The highest BCUT2D eigenvalue weighted by atomic mass is 79.9. The van der Waals surface area contributed by atoms with Crippen molar-refractivity contribution >= 4 is 26.0 Å². The lowest BCUT2D eigenvalue weighted by molar-refractivity contribution is 0.443. The lowest BCUT2D eigenvalue weighted by Crippen LogP contribution is -2.30. The quantitative estimate of drug-likeness (QED) is 0.754. The normalized spacial score (nSPS) is 13.4. The van der Waals surface area contributed by atoms with Gasteiger partial charge in [-0.25, -0.2) is 17.5 Å². The fourth-order valence-electron chi connectivity index (χ4n) is 1.94. The van der Waals surface area contributed by atoms with Gasteiger partial charge in [0, 0.05) is 11.0 Å². The summed E-state index contributed by atoms with van der Waals surface area (Å²) in [7, 11) is -3.78. The van der Waals surface area contributed by atoms with Crippen molar-refractivity contribution in [2.24, 2.45) is 5.92 Å². The molecule has 0 aromatic heterocycles. The molecule has 0 radical (unpaired) electrons. The van der Waals surface area contributed by atoms with Crippen LogP contribution >= 0.6 is 15.9 Å². The summed E-state index contributed by atoms with van der Waals surface area (Å²) >= 11 is 3.11. The third-order valence-corrected chi connectivity index (χ3v) is 5.24. The Morgan fingerprint density at radius 2 is 2.05 bits per heavy atom. The molecule has 0 bridgehead atoms. The second-order valence-corrected chi connectivity index (χ2v) is 7.49. The van der Waals surface area contributed by atoms with Crippen LogP contribution in [0.15, 0.2) is 27.6 Å². The van der Waals surface area contributed by atoms with Gasteiger partial charge in [0.25, 0.3) is 0 Å². The predicted octanol–water partition coefficient (Wildman–Crippen LogP) is 4.08. The highest BCUT2D eigenvalue weighted by Gasteiger charge is 2.20.